The van der Waals surface area contributed by atoms with Gasteiger partial charge in [-0.3, -0.25) is 9.59 Å². The Morgan fingerprint density at radius 3 is 2.42 bits per heavy atom. The Morgan fingerprint density at radius 1 is 1.32 bits per heavy atom. The zero-order valence-electron chi connectivity index (χ0n) is 11.6. The second kappa shape index (κ2) is 6.33. The number of carbonyl (C=O) groups is 2. The molecular weight excluding hydrogens is 242 g/mol. The quantitative estimate of drug-likeness (QED) is 0.688. The molecule has 1 aromatic carbocycles. The largest absolute Gasteiger partial charge is 0.345 e. The molecule has 0 aromatic heterocycles. The Hall–Kier alpha value is -1.88. The van der Waals surface area contributed by atoms with Crippen molar-refractivity contribution in [3.05, 3.63) is 35.4 Å². The van der Waals surface area contributed by atoms with Crippen molar-refractivity contribution in [3.8, 4) is 0 Å². The third-order valence-corrected chi connectivity index (χ3v) is 2.75. The predicted octanol–water partition coefficient (Wildman–Crippen LogP) is 0.465. The van der Waals surface area contributed by atoms with E-state index in [1.54, 1.807) is 13.8 Å². The van der Waals surface area contributed by atoms with Crippen LogP contribution in [0.2, 0.25) is 0 Å². The lowest BCUT2D eigenvalue weighted by atomic mass is 10.0. The normalized spacial score (nSPS) is 16.8. The maximum Gasteiger partial charge on any atom is 0.245 e. The van der Waals surface area contributed by atoms with Gasteiger partial charge in [-0.1, -0.05) is 29.8 Å². The van der Waals surface area contributed by atoms with Crippen molar-refractivity contribution in [2.75, 3.05) is 6.54 Å². The van der Waals surface area contributed by atoms with Crippen LogP contribution in [0.15, 0.2) is 24.3 Å². The molecule has 5 heteroatoms. The highest BCUT2D eigenvalue weighted by atomic mass is 16.2. The number of amides is 2. The summed E-state index contributed by atoms with van der Waals surface area (Å²) in [4.78, 5) is 21.6. The van der Waals surface area contributed by atoms with Gasteiger partial charge in [0.25, 0.3) is 0 Å². The minimum Gasteiger partial charge on any atom is -0.345 e. The second-order valence-corrected chi connectivity index (χ2v) is 5.05. The Balaban J connectivity index is 0.000000191. The number of hydrogen-bond donors (Lipinski definition) is 3. The summed E-state index contributed by atoms with van der Waals surface area (Å²) in [6, 6.07) is 8.23. The van der Waals surface area contributed by atoms with Crippen LogP contribution in [0.4, 0.5) is 0 Å². The van der Waals surface area contributed by atoms with Crippen LogP contribution in [-0.2, 0) is 16.1 Å². The molecule has 1 fully saturated rings. The predicted molar refractivity (Wildman–Crippen MR) is 74.3 cm³/mol. The first-order valence-electron chi connectivity index (χ1n) is 6.20. The van der Waals surface area contributed by atoms with Crippen LogP contribution >= 0.6 is 0 Å². The molecule has 0 radical (unpaired) electrons. The zero-order chi connectivity index (χ0) is 14.5. The summed E-state index contributed by atoms with van der Waals surface area (Å²) >= 11 is 0. The molecule has 2 rings (SSSR count). The van der Waals surface area contributed by atoms with Crippen molar-refractivity contribution in [2.24, 2.45) is 5.73 Å². The van der Waals surface area contributed by atoms with Gasteiger partial charge >= 0.3 is 0 Å². The van der Waals surface area contributed by atoms with Crippen LogP contribution in [0.3, 0.4) is 0 Å². The van der Waals surface area contributed by atoms with Crippen molar-refractivity contribution in [1.82, 2.24) is 10.6 Å². The molecule has 0 atom stereocenters. The van der Waals surface area contributed by atoms with Crippen LogP contribution in [-0.4, -0.2) is 23.9 Å². The topological polar surface area (TPSA) is 84.2 Å². The molecule has 1 aliphatic heterocycles. The molecule has 1 aromatic rings. The molecular formula is C14H21N3O2. The van der Waals surface area contributed by atoms with E-state index in [0.717, 1.165) is 0 Å². The third-order valence-electron chi connectivity index (χ3n) is 2.75. The average molecular weight is 263 g/mol. The van der Waals surface area contributed by atoms with Gasteiger partial charge in [0, 0.05) is 6.54 Å². The molecule has 1 aliphatic rings. The lowest BCUT2D eigenvalue weighted by molar-refractivity contribution is -0.137. The highest BCUT2D eigenvalue weighted by Crippen LogP contribution is 2.04. The van der Waals surface area contributed by atoms with Gasteiger partial charge in [0.05, 0.1) is 6.54 Å². The summed E-state index contributed by atoms with van der Waals surface area (Å²) in [5, 5.41) is 5.03. The monoisotopic (exact) mass is 263 g/mol. The van der Waals surface area contributed by atoms with Crippen molar-refractivity contribution < 1.29 is 9.59 Å². The standard InChI is InChI=1S/C8H11N.C6H10N2O2/c1-7-3-2-4-8(5-7)6-9;1-6(2)5(10)7-3-4(9)8-6/h2-5H,6,9H2,1H3;3H2,1-2H3,(H,7,10)(H,8,9). The van der Waals surface area contributed by atoms with E-state index in [0.29, 0.717) is 6.54 Å². The number of aryl methyl sites for hydroxylation is 1. The van der Waals surface area contributed by atoms with Gasteiger partial charge in [-0.15, -0.1) is 0 Å². The number of rotatable bonds is 1. The summed E-state index contributed by atoms with van der Waals surface area (Å²) in [6.45, 7) is 6.14. The fourth-order valence-corrected chi connectivity index (χ4v) is 1.67. The molecule has 5 nitrogen and oxygen atoms in total. The summed E-state index contributed by atoms with van der Waals surface area (Å²) in [5.74, 6) is -0.267. The van der Waals surface area contributed by atoms with Crippen LogP contribution in [0.1, 0.15) is 25.0 Å². The van der Waals surface area contributed by atoms with E-state index in [9.17, 15) is 9.59 Å². The molecule has 1 saturated heterocycles. The molecule has 1 heterocycles. The van der Waals surface area contributed by atoms with E-state index in [2.05, 4.69) is 29.7 Å². The second-order valence-electron chi connectivity index (χ2n) is 5.05. The minimum absolute atomic E-state index is 0.0995. The maximum absolute atomic E-state index is 10.9. The van der Waals surface area contributed by atoms with Crippen LogP contribution in [0, 0.1) is 6.92 Å². The van der Waals surface area contributed by atoms with E-state index < -0.39 is 5.54 Å². The Morgan fingerprint density at radius 2 is 2.00 bits per heavy atom. The molecule has 0 spiro atoms. The smallest absolute Gasteiger partial charge is 0.245 e. The maximum atomic E-state index is 10.9. The van der Waals surface area contributed by atoms with Gasteiger partial charge in [-0.05, 0) is 26.3 Å². The molecule has 19 heavy (non-hydrogen) atoms. The SMILES string of the molecule is CC1(C)NC(=O)CNC1=O.Cc1cccc(CN)c1. The first-order valence-corrected chi connectivity index (χ1v) is 6.20. The van der Waals surface area contributed by atoms with Crippen LogP contribution < -0.4 is 16.4 Å². The molecule has 0 bridgehead atoms. The third kappa shape index (κ3) is 4.71. The van der Waals surface area contributed by atoms with Crippen molar-refractivity contribution in [2.45, 2.75) is 32.9 Å². The van der Waals surface area contributed by atoms with Crippen LogP contribution in [0.5, 0.6) is 0 Å². The summed E-state index contributed by atoms with van der Waals surface area (Å²) < 4.78 is 0. The lowest BCUT2D eigenvalue weighted by Crippen LogP contribution is -2.62. The number of piperazine rings is 1. The number of nitrogens with one attached hydrogen (secondary N) is 2. The van der Waals surface area contributed by atoms with Gasteiger partial charge in [0.2, 0.25) is 11.8 Å². The zero-order valence-corrected chi connectivity index (χ0v) is 11.6. The van der Waals surface area contributed by atoms with E-state index in [1.807, 2.05) is 12.1 Å². The molecule has 0 unspecified atom stereocenters. The minimum atomic E-state index is -0.741. The summed E-state index contributed by atoms with van der Waals surface area (Å²) in [6.07, 6.45) is 0. The molecule has 4 N–H and O–H groups in total. The molecule has 2 amide bonds. The van der Waals surface area contributed by atoms with Crippen LogP contribution in [0.25, 0.3) is 0 Å². The fourth-order valence-electron chi connectivity index (χ4n) is 1.67. The summed E-state index contributed by atoms with van der Waals surface area (Å²) in [5.41, 5.74) is 7.16. The van der Waals surface area contributed by atoms with E-state index in [4.69, 9.17) is 5.73 Å². The lowest BCUT2D eigenvalue weighted by Gasteiger charge is -2.29. The highest BCUT2D eigenvalue weighted by Gasteiger charge is 2.33. The Kier molecular flexibility index (Phi) is 5.06. The fraction of sp³-hybridized carbons (Fsp3) is 0.429. The highest BCUT2D eigenvalue weighted by molar-refractivity contribution is 5.97. The Labute approximate surface area is 113 Å². The molecule has 0 aliphatic carbocycles. The molecule has 104 valence electrons. The Bertz CT molecular complexity index is 470. The molecule has 0 saturated carbocycles. The van der Waals surface area contributed by atoms with E-state index >= 15 is 0 Å². The van der Waals surface area contributed by atoms with Gasteiger partial charge in [0.15, 0.2) is 0 Å². The van der Waals surface area contributed by atoms with Gasteiger partial charge in [-0.25, -0.2) is 0 Å². The average Bonchev–Trinajstić information content (AvgIpc) is 2.34. The van der Waals surface area contributed by atoms with Crippen molar-refractivity contribution in [3.63, 3.8) is 0 Å². The van der Waals surface area contributed by atoms with Crippen molar-refractivity contribution in [1.29, 1.82) is 0 Å². The van der Waals surface area contributed by atoms with E-state index in [1.165, 1.54) is 11.1 Å². The van der Waals surface area contributed by atoms with Gasteiger partial charge in [0.1, 0.15) is 5.54 Å². The number of benzene rings is 1. The van der Waals surface area contributed by atoms with Gasteiger partial charge in [-0.2, -0.15) is 0 Å². The van der Waals surface area contributed by atoms with E-state index in [-0.39, 0.29) is 18.4 Å². The number of hydrogen-bond acceptors (Lipinski definition) is 3. The first kappa shape index (κ1) is 15.2. The summed E-state index contributed by atoms with van der Waals surface area (Å²) in [7, 11) is 0. The number of carbonyl (C=O) groups excluding carboxylic acids is 2. The van der Waals surface area contributed by atoms with Crippen molar-refractivity contribution >= 4 is 11.8 Å². The first-order chi connectivity index (χ1) is 8.85. The van der Waals surface area contributed by atoms with Gasteiger partial charge < -0.3 is 16.4 Å². The number of nitrogens with two attached hydrogens (primary N) is 1.